The standard InChI is InChI=1S/C8H10N2O5/c1-3(11)9-6-5-4(15-7(6)12)2-14-8(13)10-5/h4-6H,2H2,1H3,(H,9,11)(H,10,13)/t4-,5+,6+/m1/s1. The maximum Gasteiger partial charge on any atom is 0.407 e. The number of cyclic esters (lactones) is 1. The summed E-state index contributed by atoms with van der Waals surface area (Å²) in [5, 5.41) is 4.87. The van der Waals surface area contributed by atoms with Gasteiger partial charge in [-0.1, -0.05) is 0 Å². The van der Waals surface area contributed by atoms with Gasteiger partial charge in [-0.25, -0.2) is 9.59 Å². The second kappa shape index (κ2) is 3.41. The van der Waals surface area contributed by atoms with Gasteiger partial charge in [-0.05, 0) is 0 Å². The molecule has 3 atom stereocenters. The Bertz CT molecular complexity index is 329. The Morgan fingerprint density at radius 2 is 2.27 bits per heavy atom. The number of carbonyl (C=O) groups excluding carboxylic acids is 3. The predicted octanol–water partition coefficient (Wildman–Crippen LogP) is -1.48. The van der Waals surface area contributed by atoms with E-state index in [1.165, 1.54) is 6.92 Å². The number of amides is 2. The Hall–Kier alpha value is -1.79. The van der Waals surface area contributed by atoms with E-state index in [0.717, 1.165) is 0 Å². The Morgan fingerprint density at radius 1 is 1.53 bits per heavy atom. The van der Waals surface area contributed by atoms with E-state index in [9.17, 15) is 14.4 Å². The molecule has 7 heteroatoms. The second-order valence-electron chi connectivity index (χ2n) is 3.42. The van der Waals surface area contributed by atoms with Crippen molar-refractivity contribution in [2.75, 3.05) is 6.61 Å². The number of hydrogen-bond donors (Lipinski definition) is 2. The number of rotatable bonds is 1. The second-order valence-corrected chi connectivity index (χ2v) is 3.42. The molecule has 7 nitrogen and oxygen atoms in total. The van der Waals surface area contributed by atoms with Crippen molar-refractivity contribution < 1.29 is 23.9 Å². The number of esters is 1. The van der Waals surface area contributed by atoms with Crippen LogP contribution in [0.2, 0.25) is 0 Å². The molecule has 2 amide bonds. The first-order valence-corrected chi connectivity index (χ1v) is 4.49. The molecule has 2 N–H and O–H groups in total. The average molecular weight is 214 g/mol. The van der Waals surface area contributed by atoms with Crippen LogP contribution in [-0.4, -0.2) is 42.8 Å². The summed E-state index contributed by atoms with van der Waals surface area (Å²) >= 11 is 0. The van der Waals surface area contributed by atoms with Crippen LogP contribution >= 0.6 is 0 Å². The van der Waals surface area contributed by atoms with Crippen LogP contribution in [0.5, 0.6) is 0 Å². The van der Waals surface area contributed by atoms with Gasteiger partial charge in [-0.3, -0.25) is 4.79 Å². The highest BCUT2D eigenvalue weighted by Gasteiger charge is 2.48. The highest BCUT2D eigenvalue weighted by molar-refractivity contribution is 5.87. The first-order valence-electron chi connectivity index (χ1n) is 4.49. The van der Waals surface area contributed by atoms with Gasteiger partial charge in [0.15, 0.2) is 12.1 Å². The van der Waals surface area contributed by atoms with Gasteiger partial charge in [0, 0.05) is 6.92 Å². The molecule has 0 aromatic heterocycles. The SMILES string of the molecule is CC(=O)N[C@@H]1C(=O)O[C@@H]2COC(=O)N[C@H]12. The van der Waals surface area contributed by atoms with E-state index in [0.29, 0.717) is 0 Å². The molecular weight excluding hydrogens is 204 g/mol. The molecular formula is C8H10N2O5. The Morgan fingerprint density at radius 3 is 2.93 bits per heavy atom. The van der Waals surface area contributed by atoms with Crippen LogP contribution in [-0.2, 0) is 19.1 Å². The van der Waals surface area contributed by atoms with Gasteiger partial charge in [-0.2, -0.15) is 0 Å². The van der Waals surface area contributed by atoms with Crippen molar-refractivity contribution in [2.24, 2.45) is 0 Å². The molecule has 0 aromatic carbocycles. The molecule has 0 bridgehead atoms. The number of ether oxygens (including phenoxy) is 2. The molecule has 0 aliphatic carbocycles. The van der Waals surface area contributed by atoms with Crippen LogP contribution in [0.3, 0.4) is 0 Å². The Kier molecular flexibility index (Phi) is 2.22. The van der Waals surface area contributed by atoms with Gasteiger partial charge >= 0.3 is 12.1 Å². The zero-order valence-electron chi connectivity index (χ0n) is 7.98. The monoisotopic (exact) mass is 214 g/mol. The third kappa shape index (κ3) is 1.72. The normalized spacial score (nSPS) is 33.5. The van der Waals surface area contributed by atoms with Crippen molar-refractivity contribution in [2.45, 2.75) is 25.1 Å². The molecule has 15 heavy (non-hydrogen) atoms. The summed E-state index contributed by atoms with van der Waals surface area (Å²) in [5.41, 5.74) is 0. The minimum atomic E-state index is -0.819. The fourth-order valence-corrected chi connectivity index (χ4v) is 1.67. The van der Waals surface area contributed by atoms with Crippen molar-refractivity contribution in [1.82, 2.24) is 10.6 Å². The molecule has 2 aliphatic heterocycles. The summed E-state index contributed by atoms with van der Waals surface area (Å²) in [5.74, 6) is -0.899. The van der Waals surface area contributed by atoms with Crippen LogP contribution in [0.25, 0.3) is 0 Å². The van der Waals surface area contributed by atoms with Gasteiger partial charge in [0.1, 0.15) is 12.6 Å². The third-order valence-electron chi connectivity index (χ3n) is 2.30. The van der Waals surface area contributed by atoms with Crippen molar-refractivity contribution in [3.8, 4) is 0 Å². The molecule has 2 aliphatic rings. The summed E-state index contributed by atoms with van der Waals surface area (Å²) in [4.78, 5) is 33.1. The zero-order valence-corrected chi connectivity index (χ0v) is 7.98. The lowest BCUT2D eigenvalue weighted by Crippen LogP contribution is -2.57. The first-order chi connectivity index (χ1) is 7.08. The van der Waals surface area contributed by atoms with Crippen LogP contribution in [0.1, 0.15) is 6.92 Å². The lowest BCUT2D eigenvalue weighted by atomic mass is 10.1. The third-order valence-corrected chi connectivity index (χ3v) is 2.30. The van der Waals surface area contributed by atoms with Crippen LogP contribution in [0.15, 0.2) is 0 Å². The number of nitrogens with one attached hydrogen (secondary N) is 2. The minimum absolute atomic E-state index is 0.0261. The topological polar surface area (TPSA) is 93.7 Å². The lowest BCUT2D eigenvalue weighted by Gasteiger charge is -2.26. The average Bonchev–Trinajstić information content (AvgIpc) is 2.43. The van der Waals surface area contributed by atoms with E-state index in [1.54, 1.807) is 0 Å². The molecule has 0 aromatic rings. The molecule has 0 unspecified atom stereocenters. The van der Waals surface area contributed by atoms with Crippen molar-refractivity contribution in [3.63, 3.8) is 0 Å². The summed E-state index contributed by atoms with van der Waals surface area (Å²) in [6.07, 6.45) is -1.13. The van der Waals surface area contributed by atoms with Gasteiger partial charge < -0.3 is 20.1 Å². The summed E-state index contributed by atoms with van der Waals surface area (Å²) in [6, 6.07) is -1.36. The van der Waals surface area contributed by atoms with Crippen LogP contribution in [0.4, 0.5) is 4.79 Å². The fourth-order valence-electron chi connectivity index (χ4n) is 1.67. The number of alkyl carbamates (subject to hydrolysis) is 1. The zero-order chi connectivity index (χ0) is 11.0. The quantitative estimate of drug-likeness (QED) is 0.519. The van der Waals surface area contributed by atoms with Crippen LogP contribution in [0, 0.1) is 0 Å². The van der Waals surface area contributed by atoms with E-state index < -0.39 is 30.3 Å². The maximum absolute atomic E-state index is 11.3. The summed E-state index contributed by atoms with van der Waals surface area (Å²) in [7, 11) is 0. The van der Waals surface area contributed by atoms with Gasteiger partial charge in [0.05, 0.1) is 0 Å². The van der Waals surface area contributed by atoms with Gasteiger partial charge in [0.2, 0.25) is 5.91 Å². The number of hydrogen-bond acceptors (Lipinski definition) is 5. The minimum Gasteiger partial charge on any atom is -0.455 e. The summed E-state index contributed by atoms with van der Waals surface area (Å²) < 4.78 is 9.59. The van der Waals surface area contributed by atoms with Crippen LogP contribution < -0.4 is 10.6 Å². The Balaban J connectivity index is 2.12. The molecule has 82 valence electrons. The van der Waals surface area contributed by atoms with Crippen molar-refractivity contribution in [1.29, 1.82) is 0 Å². The molecule has 0 saturated carbocycles. The molecule has 0 radical (unpaired) electrons. The van der Waals surface area contributed by atoms with E-state index in [1.807, 2.05) is 0 Å². The highest BCUT2D eigenvalue weighted by atomic mass is 16.6. The van der Waals surface area contributed by atoms with Gasteiger partial charge in [0.25, 0.3) is 0 Å². The molecule has 2 saturated heterocycles. The fraction of sp³-hybridized carbons (Fsp3) is 0.625. The van der Waals surface area contributed by atoms with E-state index in [2.05, 4.69) is 15.4 Å². The largest absolute Gasteiger partial charge is 0.455 e. The smallest absolute Gasteiger partial charge is 0.407 e. The predicted molar refractivity (Wildman–Crippen MR) is 45.8 cm³/mol. The number of carbonyl (C=O) groups is 3. The van der Waals surface area contributed by atoms with E-state index in [-0.39, 0.29) is 12.5 Å². The van der Waals surface area contributed by atoms with Crippen molar-refractivity contribution >= 4 is 18.0 Å². The van der Waals surface area contributed by atoms with E-state index in [4.69, 9.17) is 4.74 Å². The lowest BCUT2D eigenvalue weighted by molar-refractivity contribution is -0.145. The molecule has 2 fully saturated rings. The molecule has 2 heterocycles. The molecule has 0 spiro atoms. The molecule has 2 rings (SSSR count). The van der Waals surface area contributed by atoms with Crippen molar-refractivity contribution in [3.05, 3.63) is 0 Å². The highest BCUT2D eigenvalue weighted by Crippen LogP contribution is 2.19. The maximum atomic E-state index is 11.3. The van der Waals surface area contributed by atoms with Gasteiger partial charge in [-0.15, -0.1) is 0 Å². The Labute approximate surface area is 85.1 Å². The first kappa shape index (κ1) is 9.75. The van der Waals surface area contributed by atoms with E-state index >= 15 is 0 Å². The summed E-state index contributed by atoms with van der Waals surface area (Å²) in [6.45, 7) is 1.32. The number of fused-ring (bicyclic) bond motifs is 1.